The number of aromatic hydroxyl groups is 2. The standard InChI is InChI=1S/C27H30O14/c1-10-17(30)20(33)22(35)26(38-10)37-9-16-19(32)21(34)23(36)27(40-16)41-25-18(31)12-4-2-3-5-15(12)39-24(25)11-6-7-13(28)14(29)8-11/h2-8,10,16-17,19-23,26-30,32-36H,9H2,1H3/t10-,16+,17-,19+,20+,21-,22+,23+,26+,27?/m0/s1. The highest BCUT2D eigenvalue weighted by Crippen LogP contribution is 2.37. The second-order valence-corrected chi connectivity index (χ2v) is 9.94. The summed E-state index contributed by atoms with van der Waals surface area (Å²) in [6.45, 7) is 0.916. The van der Waals surface area contributed by atoms with E-state index in [1.807, 2.05) is 0 Å². The minimum Gasteiger partial charge on any atom is -0.504 e. The summed E-state index contributed by atoms with van der Waals surface area (Å²) in [5.74, 6) is -1.58. The molecule has 222 valence electrons. The van der Waals surface area contributed by atoms with Crippen LogP contribution in [0.2, 0.25) is 0 Å². The summed E-state index contributed by atoms with van der Waals surface area (Å²) in [5.41, 5.74) is -0.382. The lowest BCUT2D eigenvalue weighted by molar-refractivity contribution is -0.318. The molecule has 2 aliphatic heterocycles. The molecule has 14 heteroatoms. The van der Waals surface area contributed by atoms with Crippen LogP contribution in [-0.2, 0) is 14.2 Å². The Morgan fingerprint density at radius 3 is 2.20 bits per heavy atom. The van der Waals surface area contributed by atoms with Gasteiger partial charge in [0.1, 0.15) is 48.3 Å². The SMILES string of the molecule is C[C@@H]1O[C@@H](OC[C@H]2OC(Oc3c(-c4ccc(O)c(O)c4)oc4ccccc4c3=O)[C@H](O)[C@@H](O)[C@@H]2O)[C@H](O)[C@H](O)[C@H]1O. The Morgan fingerprint density at radius 1 is 0.780 bits per heavy atom. The first kappa shape index (κ1) is 29.2. The second kappa shape index (κ2) is 11.5. The number of benzene rings is 2. The Bertz CT molecular complexity index is 1440. The third-order valence-corrected chi connectivity index (χ3v) is 7.13. The number of phenolic OH excluding ortho intramolecular Hbond substituents is 2. The third-order valence-electron chi connectivity index (χ3n) is 7.13. The van der Waals surface area contributed by atoms with Crippen LogP contribution >= 0.6 is 0 Å². The molecule has 2 fully saturated rings. The molecule has 3 aromatic rings. The van der Waals surface area contributed by atoms with Gasteiger partial charge in [-0.25, -0.2) is 0 Å². The normalized spacial score (nSPS) is 34.0. The third kappa shape index (κ3) is 5.49. The molecule has 0 spiro atoms. The largest absolute Gasteiger partial charge is 0.504 e. The molecule has 2 aromatic carbocycles. The van der Waals surface area contributed by atoms with E-state index in [4.69, 9.17) is 23.4 Å². The molecule has 2 aliphatic rings. The van der Waals surface area contributed by atoms with Gasteiger partial charge < -0.3 is 64.2 Å². The van der Waals surface area contributed by atoms with Crippen LogP contribution in [0.25, 0.3) is 22.3 Å². The van der Waals surface area contributed by atoms with Gasteiger partial charge in [-0.2, -0.15) is 0 Å². The molecule has 0 radical (unpaired) electrons. The van der Waals surface area contributed by atoms with Gasteiger partial charge in [0.2, 0.25) is 17.5 Å². The first-order valence-electron chi connectivity index (χ1n) is 12.7. The van der Waals surface area contributed by atoms with Crippen LogP contribution in [0.15, 0.2) is 51.7 Å². The monoisotopic (exact) mass is 578 g/mol. The minimum atomic E-state index is -1.86. The molecule has 3 heterocycles. The molecule has 0 saturated carbocycles. The minimum absolute atomic E-state index is 0.110. The highest BCUT2D eigenvalue weighted by atomic mass is 16.7. The van der Waals surface area contributed by atoms with Crippen molar-refractivity contribution in [2.45, 2.75) is 68.3 Å². The van der Waals surface area contributed by atoms with Gasteiger partial charge in [0.05, 0.1) is 18.1 Å². The second-order valence-electron chi connectivity index (χ2n) is 9.94. The summed E-state index contributed by atoms with van der Waals surface area (Å²) >= 11 is 0. The van der Waals surface area contributed by atoms with E-state index < -0.39 is 90.7 Å². The first-order chi connectivity index (χ1) is 19.5. The van der Waals surface area contributed by atoms with Crippen molar-refractivity contribution in [3.05, 3.63) is 52.7 Å². The predicted octanol–water partition coefficient (Wildman–Crippen LogP) is -1.10. The average Bonchev–Trinajstić information content (AvgIpc) is 2.96. The van der Waals surface area contributed by atoms with Crippen molar-refractivity contribution >= 4 is 11.0 Å². The molecule has 1 unspecified atom stereocenters. The maximum absolute atomic E-state index is 13.5. The van der Waals surface area contributed by atoms with Gasteiger partial charge in [0, 0.05) is 5.56 Å². The molecule has 0 amide bonds. The average molecular weight is 579 g/mol. The smallest absolute Gasteiger partial charge is 0.235 e. The number of aliphatic hydroxyl groups excluding tert-OH is 6. The molecule has 10 atom stereocenters. The number of rotatable bonds is 6. The molecule has 41 heavy (non-hydrogen) atoms. The summed E-state index contributed by atoms with van der Waals surface area (Å²) in [6, 6.07) is 9.88. The Labute approximate surface area is 231 Å². The van der Waals surface area contributed by atoms with E-state index in [1.165, 1.54) is 31.2 Å². The van der Waals surface area contributed by atoms with Crippen molar-refractivity contribution < 1.29 is 64.2 Å². The maximum atomic E-state index is 13.5. The van der Waals surface area contributed by atoms with Crippen molar-refractivity contribution in [3.63, 3.8) is 0 Å². The van der Waals surface area contributed by atoms with Crippen molar-refractivity contribution in [1.82, 2.24) is 0 Å². The van der Waals surface area contributed by atoms with Crippen LogP contribution in [0.4, 0.5) is 0 Å². The van der Waals surface area contributed by atoms with E-state index in [0.717, 1.165) is 6.07 Å². The van der Waals surface area contributed by atoms with Crippen LogP contribution in [0.1, 0.15) is 6.92 Å². The fourth-order valence-corrected chi connectivity index (χ4v) is 4.70. The van der Waals surface area contributed by atoms with Crippen LogP contribution in [-0.4, -0.2) is 109 Å². The molecule has 2 saturated heterocycles. The summed E-state index contributed by atoms with van der Waals surface area (Å²) in [6.07, 6.45) is -15.4. The number of hydrogen-bond donors (Lipinski definition) is 8. The Balaban J connectivity index is 1.44. The lowest BCUT2D eigenvalue weighted by Crippen LogP contribution is -2.61. The number of ether oxygens (including phenoxy) is 4. The van der Waals surface area contributed by atoms with Crippen LogP contribution in [0.3, 0.4) is 0 Å². The molecule has 0 aliphatic carbocycles. The molecule has 14 nitrogen and oxygen atoms in total. The van der Waals surface area contributed by atoms with E-state index in [9.17, 15) is 45.6 Å². The summed E-state index contributed by atoms with van der Waals surface area (Å²) in [4.78, 5) is 13.5. The summed E-state index contributed by atoms with van der Waals surface area (Å²) in [5, 5.41) is 81.6. The molecular formula is C27H30O14. The Hall–Kier alpha value is -3.31. The van der Waals surface area contributed by atoms with E-state index >= 15 is 0 Å². The van der Waals surface area contributed by atoms with Gasteiger partial charge >= 0.3 is 0 Å². The van der Waals surface area contributed by atoms with E-state index in [2.05, 4.69) is 0 Å². The zero-order chi connectivity index (χ0) is 29.6. The van der Waals surface area contributed by atoms with Crippen molar-refractivity contribution in [2.75, 3.05) is 6.61 Å². The number of fused-ring (bicyclic) bond motifs is 1. The number of hydrogen-bond acceptors (Lipinski definition) is 14. The predicted molar refractivity (Wildman–Crippen MR) is 137 cm³/mol. The molecular weight excluding hydrogens is 548 g/mol. The lowest BCUT2D eigenvalue weighted by atomic mass is 9.98. The lowest BCUT2D eigenvalue weighted by Gasteiger charge is -2.42. The number of phenols is 2. The van der Waals surface area contributed by atoms with Gasteiger partial charge in [-0.1, -0.05) is 12.1 Å². The molecule has 8 N–H and O–H groups in total. The summed E-state index contributed by atoms with van der Waals surface area (Å²) in [7, 11) is 0. The number of aliphatic hydroxyl groups is 6. The van der Waals surface area contributed by atoms with E-state index in [1.54, 1.807) is 12.1 Å². The highest BCUT2D eigenvalue weighted by Gasteiger charge is 2.47. The quantitative estimate of drug-likeness (QED) is 0.162. The first-order valence-corrected chi connectivity index (χ1v) is 12.7. The van der Waals surface area contributed by atoms with Crippen LogP contribution in [0, 0.1) is 0 Å². The van der Waals surface area contributed by atoms with E-state index in [0.29, 0.717) is 0 Å². The van der Waals surface area contributed by atoms with Crippen molar-refractivity contribution in [3.8, 4) is 28.6 Å². The number of para-hydroxylation sites is 1. The fraction of sp³-hybridized carbons (Fsp3) is 0.444. The fourth-order valence-electron chi connectivity index (χ4n) is 4.70. The van der Waals surface area contributed by atoms with Gasteiger partial charge in [0.15, 0.2) is 23.5 Å². The summed E-state index contributed by atoms with van der Waals surface area (Å²) < 4.78 is 28.2. The zero-order valence-electron chi connectivity index (χ0n) is 21.5. The molecule has 0 bridgehead atoms. The Morgan fingerprint density at radius 2 is 1.46 bits per heavy atom. The van der Waals surface area contributed by atoms with Crippen molar-refractivity contribution in [1.29, 1.82) is 0 Å². The zero-order valence-corrected chi connectivity index (χ0v) is 21.5. The van der Waals surface area contributed by atoms with Crippen LogP contribution in [0.5, 0.6) is 17.2 Å². The molecule has 5 rings (SSSR count). The maximum Gasteiger partial charge on any atom is 0.235 e. The highest BCUT2D eigenvalue weighted by molar-refractivity contribution is 5.82. The van der Waals surface area contributed by atoms with Gasteiger partial charge in [-0.15, -0.1) is 0 Å². The topological polar surface area (TPSA) is 229 Å². The van der Waals surface area contributed by atoms with Crippen molar-refractivity contribution in [2.24, 2.45) is 0 Å². The Kier molecular flexibility index (Phi) is 8.20. The van der Waals surface area contributed by atoms with Crippen LogP contribution < -0.4 is 10.2 Å². The molecule has 1 aromatic heterocycles. The van der Waals surface area contributed by atoms with Gasteiger partial charge in [-0.3, -0.25) is 4.79 Å². The van der Waals surface area contributed by atoms with E-state index in [-0.39, 0.29) is 22.3 Å². The van der Waals surface area contributed by atoms with Gasteiger partial charge in [-0.05, 0) is 37.3 Å². The van der Waals surface area contributed by atoms with Gasteiger partial charge in [0.25, 0.3) is 0 Å².